The largest absolute Gasteiger partial charge is 0.341 e. The number of carbonyl (C=O) groups is 1. The van der Waals surface area contributed by atoms with Gasteiger partial charge in [0, 0.05) is 56.4 Å². The zero-order valence-electron chi connectivity index (χ0n) is 14.1. The average molecular weight is 334 g/mol. The molecule has 4 heterocycles. The van der Waals surface area contributed by atoms with Crippen molar-refractivity contribution < 1.29 is 4.79 Å². The fourth-order valence-corrected chi connectivity index (χ4v) is 4.31. The zero-order valence-corrected chi connectivity index (χ0v) is 14.9. The third-order valence-corrected chi connectivity index (χ3v) is 5.82. The second-order valence-electron chi connectivity index (χ2n) is 6.65. The average Bonchev–Trinajstić information content (AvgIpc) is 2.82. The predicted octanol–water partition coefficient (Wildman–Crippen LogP) is 2.42. The lowest BCUT2D eigenvalue weighted by molar-refractivity contribution is -0.138. The van der Waals surface area contributed by atoms with Crippen LogP contribution in [0.3, 0.4) is 0 Å². The minimum Gasteiger partial charge on any atom is -0.341 e. The highest BCUT2D eigenvalue weighted by Crippen LogP contribution is 2.28. The van der Waals surface area contributed by atoms with Crippen LogP contribution in [0.2, 0.25) is 0 Å². The summed E-state index contributed by atoms with van der Waals surface area (Å²) in [7, 11) is 1.95. The van der Waals surface area contributed by atoms with Crippen molar-refractivity contribution >= 4 is 17.7 Å². The van der Waals surface area contributed by atoms with Crippen LogP contribution in [0.4, 0.5) is 0 Å². The van der Waals surface area contributed by atoms with Gasteiger partial charge in [0.15, 0.2) is 5.16 Å². The Morgan fingerprint density at radius 1 is 1.26 bits per heavy atom. The van der Waals surface area contributed by atoms with E-state index in [2.05, 4.69) is 21.8 Å². The van der Waals surface area contributed by atoms with Crippen LogP contribution >= 0.6 is 11.8 Å². The molecule has 1 aromatic heterocycles. The van der Waals surface area contributed by atoms with Crippen LogP contribution in [0.15, 0.2) is 17.6 Å². The Morgan fingerprint density at radius 2 is 2.04 bits per heavy atom. The minimum absolute atomic E-state index is 0.170. The van der Waals surface area contributed by atoms with Crippen molar-refractivity contribution in [3.63, 3.8) is 0 Å². The molecule has 2 atom stereocenters. The van der Waals surface area contributed by atoms with Gasteiger partial charge in [-0.2, -0.15) is 0 Å². The SMILES string of the molecule is CCCCSc1ncc(CN2C[C@H]3CC[C@@H](C2)N(C)C3=O)cn1. The summed E-state index contributed by atoms with van der Waals surface area (Å²) in [6.07, 6.45) is 8.46. The molecule has 0 spiro atoms. The molecule has 0 radical (unpaired) electrons. The molecule has 0 aromatic carbocycles. The number of carbonyl (C=O) groups excluding carboxylic acids is 1. The Morgan fingerprint density at radius 3 is 2.78 bits per heavy atom. The Balaban J connectivity index is 1.58. The van der Waals surface area contributed by atoms with Crippen LogP contribution in [0.5, 0.6) is 0 Å². The van der Waals surface area contributed by atoms with E-state index in [4.69, 9.17) is 0 Å². The molecular formula is C17H26N4OS. The molecule has 6 heteroatoms. The van der Waals surface area contributed by atoms with Gasteiger partial charge in [0.05, 0.1) is 5.92 Å². The molecule has 5 nitrogen and oxygen atoms in total. The van der Waals surface area contributed by atoms with Crippen molar-refractivity contribution in [1.82, 2.24) is 19.8 Å². The Labute approximate surface area is 142 Å². The van der Waals surface area contributed by atoms with E-state index in [0.29, 0.717) is 11.9 Å². The van der Waals surface area contributed by atoms with Crippen LogP contribution in [0.25, 0.3) is 0 Å². The van der Waals surface area contributed by atoms with Crippen LogP contribution < -0.4 is 0 Å². The Bertz CT molecular complexity index is 536. The lowest BCUT2D eigenvalue weighted by Gasteiger charge is -2.32. The molecule has 0 N–H and O–H groups in total. The summed E-state index contributed by atoms with van der Waals surface area (Å²) in [4.78, 5) is 25.5. The van der Waals surface area contributed by atoms with E-state index >= 15 is 0 Å². The van der Waals surface area contributed by atoms with Gasteiger partial charge in [0.25, 0.3) is 0 Å². The molecule has 2 bridgehead atoms. The van der Waals surface area contributed by atoms with Crippen molar-refractivity contribution in [2.45, 2.75) is 50.4 Å². The van der Waals surface area contributed by atoms with Crippen LogP contribution in [0.1, 0.15) is 38.2 Å². The van der Waals surface area contributed by atoms with Gasteiger partial charge in [0.2, 0.25) is 5.91 Å². The highest BCUT2D eigenvalue weighted by Gasteiger charge is 2.38. The first-order valence-electron chi connectivity index (χ1n) is 8.60. The Hall–Kier alpha value is -1.14. The van der Waals surface area contributed by atoms with Gasteiger partial charge in [-0.15, -0.1) is 0 Å². The summed E-state index contributed by atoms with van der Waals surface area (Å²) in [6.45, 7) is 4.87. The molecule has 1 amide bonds. The molecule has 3 aliphatic rings. The lowest BCUT2D eigenvalue weighted by Crippen LogP contribution is -2.45. The first-order valence-corrected chi connectivity index (χ1v) is 9.58. The highest BCUT2D eigenvalue weighted by atomic mass is 32.2. The van der Waals surface area contributed by atoms with Crippen molar-refractivity contribution in [1.29, 1.82) is 0 Å². The van der Waals surface area contributed by atoms with E-state index in [9.17, 15) is 4.79 Å². The fourth-order valence-electron chi connectivity index (χ4n) is 3.44. The summed E-state index contributed by atoms with van der Waals surface area (Å²) in [5.41, 5.74) is 1.14. The molecule has 3 aliphatic heterocycles. The molecule has 0 unspecified atom stereocenters. The van der Waals surface area contributed by atoms with Gasteiger partial charge in [0.1, 0.15) is 0 Å². The summed E-state index contributed by atoms with van der Waals surface area (Å²) < 4.78 is 0. The van der Waals surface area contributed by atoms with E-state index < -0.39 is 0 Å². The van der Waals surface area contributed by atoms with Crippen molar-refractivity contribution in [2.24, 2.45) is 5.92 Å². The smallest absolute Gasteiger partial charge is 0.227 e. The number of piperidine rings is 1. The number of hydrogen-bond donors (Lipinski definition) is 0. The van der Waals surface area contributed by atoms with E-state index in [1.165, 1.54) is 12.8 Å². The molecule has 126 valence electrons. The van der Waals surface area contributed by atoms with Crippen LogP contribution in [-0.2, 0) is 11.3 Å². The maximum Gasteiger partial charge on any atom is 0.227 e. The second-order valence-corrected chi connectivity index (χ2v) is 7.71. The topological polar surface area (TPSA) is 49.3 Å². The number of rotatable bonds is 6. The monoisotopic (exact) mass is 334 g/mol. The van der Waals surface area contributed by atoms with Crippen molar-refractivity contribution in [2.75, 3.05) is 25.9 Å². The van der Waals surface area contributed by atoms with Gasteiger partial charge < -0.3 is 4.90 Å². The van der Waals surface area contributed by atoms with Gasteiger partial charge in [-0.25, -0.2) is 9.97 Å². The van der Waals surface area contributed by atoms with Gasteiger partial charge >= 0.3 is 0 Å². The number of likely N-dealkylation sites (N-methyl/N-ethyl adjacent to an activating group) is 1. The molecule has 4 rings (SSSR count). The van der Waals surface area contributed by atoms with E-state index in [-0.39, 0.29) is 5.92 Å². The molecule has 3 fully saturated rings. The number of hydrogen-bond acceptors (Lipinski definition) is 5. The standard InChI is InChI=1S/C17H26N4OS/c1-3-4-7-23-17-18-8-13(9-19-17)10-21-11-14-5-6-15(12-21)20(2)16(14)22/h8-9,14-15H,3-7,10-12H2,1-2H3/t14-,15+/m1/s1. The van der Waals surface area contributed by atoms with Crippen molar-refractivity contribution in [3.8, 4) is 0 Å². The highest BCUT2D eigenvalue weighted by molar-refractivity contribution is 7.99. The van der Waals surface area contributed by atoms with E-state index in [1.807, 2.05) is 24.3 Å². The fraction of sp³-hybridized carbons (Fsp3) is 0.706. The number of fused-ring (bicyclic) bond motifs is 4. The maximum absolute atomic E-state index is 12.2. The summed E-state index contributed by atoms with van der Waals surface area (Å²) in [5.74, 6) is 1.57. The zero-order chi connectivity index (χ0) is 16.2. The first kappa shape index (κ1) is 16.7. The molecule has 23 heavy (non-hydrogen) atoms. The van der Waals surface area contributed by atoms with Crippen LogP contribution in [-0.4, -0.2) is 57.6 Å². The lowest BCUT2D eigenvalue weighted by atomic mass is 9.95. The molecule has 1 aromatic rings. The predicted molar refractivity (Wildman–Crippen MR) is 92.2 cm³/mol. The number of amides is 1. The number of unbranched alkanes of at least 4 members (excludes halogenated alkanes) is 1. The van der Waals surface area contributed by atoms with Gasteiger partial charge in [-0.3, -0.25) is 9.69 Å². The number of thioether (sulfide) groups is 1. The summed E-state index contributed by atoms with van der Waals surface area (Å²) in [5, 5.41) is 0.869. The van der Waals surface area contributed by atoms with E-state index in [1.54, 1.807) is 11.8 Å². The molecule has 0 aliphatic carbocycles. The number of aromatic nitrogens is 2. The third-order valence-electron chi connectivity index (χ3n) is 4.86. The maximum atomic E-state index is 12.2. The van der Waals surface area contributed by atoms with E-state index in [0.717, 1.165) is 48.9 Å². The normalized spacial score (nSPS) is 25.0. The quantitative estimate of drug-likeness (QED) is 0.454. The summed E-state index contributed by atoms with van der Waals surface area (Å²) >= 11 is 1.73. The van der Waals surface area contributed by atoms with Crippen molar-refractivity contribution in [3.05, 3.63) is 18.0 Å². The van der Waals surface area contributed by atoms with Crippen LogP contribution in [0, 0.1) is 5.92 Å². The minimum atomic E-state index is 0.170. The number of nitrogens with zero attached hydrogens (tertiary/aromatic N) is 4. The van der Waals surface area contributed by atoms with Gasteiger partial charge in [-0.1, -0.05) is 25.1 Å². The molecule has 0 saturated carbocycles. The molecular weight excluding hydrogens is 308 g/mol. The van der Waals surface area contributed by atoms with Gasteiger partial charge in [-0.05, 0) is 19.3 Å². The third kappa shape index (κ3) is 4.04. The summed E-state index contributed by atoms with van der Waals surface area (Å²) in [6, 6.07) is 0.367. The first-order chi connectivity index (χ1) is 11.2. The second kappa shape index (κ2) is 7.62. The Kier molecular flexibility index (Phi) is 5.54. The molecule has 3 saturated heterocycles.